The third-order valence-electron chi connectivity index (χ3n) is 6.05. The number of anilines is 4. The van der Waals surface area contributed by atoms with Crippen LogP contribution in [0.1, 0.15) is 28.2 Å². The molecular weight excluding hydrogens is 510 g/mol. The lowest BCUT2D eigenvalue weighted by atomic mass is 9.86. The summed E-state index contributed by atoms with van der Waals surface area (Å²) < 4.78 is 81.1. The molecule has 38 heavy (non-hydrogen) atoms. The first-order valence-electron chi connectivity index (χ1n) is 11.4. The van der Waals surface area contributed by atoms with Crippen molar-refractivity contribution in [1.29, 1.82) is 0 Å². The first kappa shape index (κ1) is 25.2. The smallest absolute Gasteiger partial charge is 0.324 e. The molecule has 0 spiro atoms. The lowest BCUT2D eigenvalue weighted by Crippen LogP contribution is -2.38. The number of hydrogen-bond acceptors (Lipinski definition) is 4. The summed E-state index contributed by atoms with van der Waals surface area (Å²) in [5, 5.41) is 3.02. The van der Waals surface area contributed by atoms with Gasteiger partial charge in [-0.1, -0.05) is 36.4 Å². The zero-order chi connectivity index (χ0) is 27.1. The normalized spacial score (nSPS) is 15.8. The van der Waals surface area contributed by atoms with Crippen LogP contribution < -0.4 is 10.2 Å². The Balaban J connectivity index is 1.62. The lowest BCUT2D eigenvalue weighted by Gasteiger charge is -2.34. The van der Waals surface area contributed by atoms with Gasteiger partial charge in [0.05, 0.1) is 22.7 Å². The Bertz CT molecular complexity index is 1440. The van der Waals surface area contributed by atoms with Gasteiger partial charge >= 0.3 is 12.4 Å². The summed E-state index contributed by atoms with van der Waals surface area (Å²) in [7, 11) is 0. The van der Waals surface area contributed by atoms with Gasteiger partial charge in [0.25, 0.3) is 0 Å². The molecule has 1 aliphatic heterocycles. The summed E-state index contributed by atoms with van der Waals surface area (Å²) >= 11 is 0. The van der Waals surface area contributed by atoms with Crippen molar-refractivity contribution in [2.24, 2.45) is 0 Å². The van der Waals surface area contributed by atoms with Crippen molar-refractivity contribution in [2.45, 2.75) is 24.7 Å². The van der Waals surface area contributed by atoms with Gasteiger partial charge in [0.2, 0.25) is 11.9 Å². The number of aromatic nitrogens is 2. The number of carbonyl (C=O) groups is 1. The molecule has 2 heterocycles. The minimum absolute atomic E-state index is 0.0460. The molecule has 0 fully saturated rings. The van der Waals surface area contributed by atoms with Crippen LogP contribution in [0.4, 0.5) is 49.5 Å². The minimum atomic E-state index is -5.04. The SMILES string of the molecule is O=C1C(c2cc(C(F)(F)F)cc(C(F)(F)F)c2)Cc2cnc(Nc3ccccc3)nc2N1c1ccccc1. The fourth-order valence-electron chi connectivity index (χ4n) is 4.28. The molecule has 11 heteroatoms. The van der Waals surface area contributed by atoms with Gasteiger partial charge < -0.3 is 5.32 Å². The van der Waals surface area contributed by atoms with E-state index in [1.54, 1.807) is 54.6 Å². The number of nitrogens with zero attached hydrogens (tertiary/aromatic N) is 3. The quantitative estimate of drug-likeness (QED) is 0.283. The maximum Gasteiger partial charge on any atom is 0.416 e. The first-order chi connectivity index (χ1) is 18.0. The number of hydrogen-bond donors (Lipinski definition) is 1. The summed E-state index contributed by atoms with van der Waals surface area (Å²) in [4.78, 5) is 23.7. The molecule has 5 rings (SSSR count). The summed E-state index contributed by atoms with van der Waals surface area (Å²) in [6.45, 7) is 0. The molecule has 0 saturated heterocycles. The minimum Gasteiger partial charge on any atom is -0.324 e. The molecule has 4 aromatic rings. The number of benzene rings is 3. The topological polar surface area (TPSA) is 58.1 Å². The van der Waals surface area contributed by atoms with Gasteiger partial charge in [-0.15, -0.1) is 0 Å². The highest BCUT2D eigenvalue weighted by atomic mass is 19.4. The predicted molar refractivity (Wildman–Crippen MR) is 128 cm³/mol. The second-order valence-corrected chi connectivity index (χ2v) is 8.64. The molecule has 1 unspecified atom stereocenters. The summed E-state index contributed by atoms with van der Waals surface area (Å²) in [5.41, 5.74) is -1.92. The molecule has 0 bridgehead atoms. The van der Waals surface area contributed by atoms with Gasteiger partial charge in [-0.25, -0.2) is 4.98 Å². The van der Waals surface area contributed by atoms with Crippen LogP contribution in [0.15, 0.2) is 85.1 Å². The van der Waals surface area contributed by atoms with Crippen LogP contribution in [-0.2, 0) is 23.6 Å². The lowest BCUT2D eigenvalue weighted by molar-refractivity contribution is -0.143. The van der Waals surface area contributed by atoms with E-state index in [1.165, 1.54) is 11.1 Å². The van der Waals surface area contributed by atoms with Crippen LogP contribution in [0.5, 0.6) is 0 Å². The molecule has 0 saturated carbocycles. The molecule has 1 atom stereocenters. The Morgan fingerprint density at radius 1 is 0.816 bits per heavy atom. The third-order valence-corrected chi connectivity index (χ3v) is 6.05. The fraction of sp³-hybridized carbons (Fsp3) is 0.148. The molecule has 0 aliphatic carbocycles. The van der Waals surface area contributed by atoms with E-state index in [2.05, 4.69) is 15.3 Å². The van der Waals surface area contributed by atoms with Gasteiger partial charge in [0.15, 0.2) is 0 Å². The van der Waals surface area contributed by atoms with Crippen LogP contribution in [0.3, 0.4) is 0 Å². The van der Waals surface area contributed by atoms with Gasteiger partial charge in [-0.05, 0) is 54.4 Å². The van der Waals surface area contributed by atoms with E-state index in [4.69, 9.17) is 0 Å². The monoisotopic (exact) mass is 528 g/mol. The van der Waals surface area contributed by atoms with Crippen LogP contribution in [0, 0.1) is 0 Å². The second kappa shape index (κ2) is 9.47. The van der Waals surface area contributed by atoms with E-state index in [9.17, 15) is 31.1 Å². The summed E-state index contributed by atoms with van der Waals surface area (Å²) in [5.74, 6) is -1.68. The maximum absolute atomic E-state index is 13.8. The summed E-state index contributed by atoms with van der Waals surface area (Å²) in [6.07, 6.45) is -8.83. The van der Waals surface area contributed by atoms with E-state index < -0.39 is 40.9 Å². The zero-order valence-electron chi connectivity index (χ0n) is 19.4. The number of para-hydroxylation sites is 2. The Hall–Kier alpha value is -4.41. The Kier molecular flexibility index (Phi) is 6.29. The van der Waals surface area contributed by atoms with Crippen LogP contribution >= 0.6 is 0 Å². The molecule has 1 aromatic heterocycles. The number of nitrogens with one attached hydrogen (secondary N) is 1. The van der Waals surface area contributed by atoms with E-state index in [0.29, 0.717) is 29.1 Å². The molecule has 194 valence electrons. The van der Waals surface area contributed by atoms with E-state index in [0.717, 1.165) is 0 Å². The number of halogens is 6. The largest absolute Gasteiger partial charge is 0.416 e. The first-order valence-corrected chi connectivity index (χ1v) is 11.4. The van der Waals surface area contributed by atoms with Crippen molar-refractivity contribution in [2.75, 3.05) is 10.2 Å². The standard InChI is InChI=1S/C27H18F6N4O/c28-26(29,30)18-11-16(12-19(14-18)27(31,32)33)22-13-17-15-34-25(35-20-7-3-1-4-8-20)36-23(17)37(24(22)38)21-9-5-2-6-10-21/h1-12,14-15,22H,13H2,(H,34,35,36). The average Bonchev–Trinajstić information content (AvgIpc) is 2.88. The second-order valence-electron chi connectivity index (χ2n) is 8.64. The van der Waals surface area contributed by atoms with Gasteiger partial charge in [-0.2, -0.15) is 31.3 Å². The number of fused-ring (bicyclic) bond motifs is 1. The highest BCUT2D eigenvalue weighted by Crippen LogP contribution is 2.42. The number of alkyl halides is 6. The molecule has 0 radical (unpaired) electrons. The highest BCUT2D eigenvalue weighted by Gasteiger charge is 2.41. The Morgan fingerprint density at radius 3 is 1.97 bits per heavy atom. The van der Waals surface area contributed by atoms with Gasteiger partial charge in [0, 0.05) is 17.4 Å². The van der Waals surface area contributed by atoms with Crippen molar-refractivity contribution in [3.05, 3.63) is 107 Å². The highest BCUT2D eigenvalue weighted by molar-refractivity contribution is 6.06. The van der Waals surface area contributed by atoms with E-state index >= 15 is 0 Å². The Labute approximate surface area is 212 Å². The van der Waals surface area contributed by atoms with E-state index in [1.807, 2.05) is 6.07 Å². The van der Waals surface area contributed by atoms with Crippen molar-refractivity contribution >= 4 is 29.0 Å². The van der Waals surface area contributed by atoms with Crippen LogP contribution in [0.2, 0.25) is 0 Å². The number of rotatable bonds is 4. The van der Waals surface area contributed by atoms with Crippen molar-refractivity contribution in [3.63, 3.8) is 0 Å². The number of carbonyl (C=O) groups excluding carboxylic acids is 1. The van der Waals surface area contributed by atoms with Crippen LogP contribution in [0.25, 0.3) is 0 Å². The van der Waals surface area contributed by atoms with E-state index in [-0.39, 0.29) is 24.3 Å². The van der Waals surface area contributed by atoms with Gasteiger partial charge in [-0.3, -0.25) is 9.69 Å². The van der Waals surface area contributed by atoms with Crippen molar-refractivity contribution in [1.82, 2.24) is 9.97 Å². The predicted octanol–water partition coefficient (Wildman–Crippen LogP) is 7.26. The third kappa shape index (κ3) is 5.04. The molecule has 1 amide bonds. The molecule has 1 aliphatic rings. The molecule has 3 aromatic carbocycles. The summed E-state index contributed by atoms with van der Waals surface area (Å²) in [6, 6.07) is 18.5. The molecular formula is C27H18F6N4O. The van der Waals surface area contributed by atoms with Crippen molar-refractivity contribution < 1.29 is 31.1 Å². The number of amides is 1. The zero-order valence-corrected chi connectivity index (χ0v) is 19.4. The maximum atomic E-state index is 13.8. The Morgan fingerprint density at radius 2 is 1.39 bits per heavy atom. The van der Waals surface area contributed by atoms with Gasteiger partial charge in [0.1, 0.15) is 5.82 Å². The van der Waals surface area contributed by atoms with Crippen molar-refractivity contribution in [3.8, 4) is 0 Å². The van der Waals surface area contributed by atoms with Crippen LogP contribution in [-0.4, -0.2) is 15.9 Å². The molecule has 5 nitrogen and oxygen atoms in total. The fourth-order valence-corrected chi connectivity index (χ4v) is 4.28. The molecule has 1 N–H and O–H groups in total. The average molecular weight is 528 g/mol.